The Labute approximate surface area is 233 Å². The predicted octanol–water partition coefficient (Wildman–Crippen LogP) is 2.89. The number of anilines is 2. The van der Waals surface area contributed by atoms with Gasteiger partial charge < -0.3 is 25.0 Å². The molecular weight excluding hydrogens is 549 g/mol. The molecule has 3 aromatic rings. The van der Waals surface area contributed by atoms with Crippen molar-refractivity contribution in [3.8, 4) is 0 Å². The lowest BCUT2D eigenvalue weighted by molar-refractivity contribution is -0.137. The number of benzene rings is 1. The molecule has 40 heavy (non-hydrogen) atoms. The highest BCUT2D eigenvalue weighted by molar-refractivity contribution is 6.33. The van der Waals surface area contributed by atoms with Gasteiger partial charge in [0.25, 0.3) is 5.56 Å². The summed E-state index contributed by atoms with van der Waals surface area (Å²) in [5.74, 6) is 0.130. The molecule has 14 heteroatoms. The van der Waals surface area contributed by atoms with Crippen molar-refractivity contribution < 1.29 is 18.0 Å². The molecule has 10 nitrogen and oxygen atoms in total. The van der Waals surface area contributed by atoms with Crippen LogP contribution in [0.25, 0.3) is 11.4 Å². The fourth-order valence-corrected chi connectivity index (χ4v) is 5.28. The van der Waals surface area contributed by atoms with Crippen LogP contribution in [-0.4, -0.2) is 76.3 Å². The maximum Gasteiger partial charge on any atom is 0.416 e. The van der Waals surface area contributed by atoms with Crippen LogP contribution in [0.5, 0.6) is 0 Å². The van der Waals surface area contributed by atoms with Crippen LogP contribution in [0.4, 0.5) is 24.5 Å². The Hall–Kier alpha value is -3.42. The van der Waals surface area contributed by atoms with Crippen molar-refractivity contribution in [3.63, 3.8) is 0 Å². The summed E-state index contributed by atoms with van der Waals surface area (Å²) in [4.78, 5) is 35.9. The van der Waals surface area contributed by atoms with Crippen molar-refractivity contribution in [2.24, 2.45) is 0 Å². The minimum Gasteiger partial charge on any atom is -0.363 e. The normalized spacial score (nSPS) is 16.9. The molecule has 0 radical (unpaired) electrons. The summed E-state index contributed by atoms with van der Waals surface area (Å²) in [5, 5.41) is 10.2. The average Bonchev–Trinajstić information content (AvgIpc) is 3.37. The monoisotopic (exact) mass is 578 g/mol. The number of fused-ring (bicyclic) bond motifs is 1. The molecule has 1 aromatic carbocycles. The topological polar surface area (TPSA) is 99.8 Å². The molecule has 1 amide bonds. The molecule has 2 aliphatic rings. The van der Waals surface area contributed by atoms with Crippen molar-refractivity contribution in [2.75, 3.05) is 56.5 Å². The lowest BCUT2D eigenvalue weighted by Crippen LogP contribution is -2.47. The number of amides is 1. The van der Waals surface area contributed by atoms with Gasteiger partial charge in [0.2, 0.25) is 11.7 Å². The van der Waals surface area contributed by atoms with Crippen molar-refractivity contribution in [1.29, 1.82) is 0 Å². The van der Waals surface area contributed by atoms with Gasteiger partial charge in [-0.25, -0.2) is 0 Å². The SMILES string of the molecule is CCc1c(N2CCNCC2)c(=O)n2nc(C3=CCN(C)CC3)nc2n1CC(=O)Nc1ccc(C(F)(F)F)cc1Cl. The third kappa shape index (κ3) is 5.58. The van der Waals surface area contributed by atoms with E-state index in [0.29, 0.717) is 49.8 Å². The minimum atomic E-state index is -4.56. The van der Waals surface area contributed by atoms with E-state index in [4.69, 9.17) is 16.6 Å². The number of nitrogens with one attached hydrogen (secondary N) is 2. The first-order chi connectivity index (χ1) is 19.1. The molecule has 0 atom stereocenters. The molecule has 214 valence electrons. The van der Waals surface area contributed by atoms with E-state index >= 15 is 0 Å². The molecule has 2 N–H and O–H groups in total. The maximum atomic E-state index is 13.8. The number of rotatable bonds is 6. The van der Waals surface area contributed by atoms with Crippen LogP contribution in [0.15, 0.2) is 29.1 Å². The number of aromatic nitrogens is 4. The van der Waals surface area contributed by atoms with E-state index < -0.39 is 17.6 Å². The zero-order valence-electron chi connectivity index (χ0n) is 22.2. The summed E-state index contributed by atoms with van der Waals surface area (Å²) in [6, 6.07) is 2.76. The van der Waals surface area contributed by atoms with E-state index in [9.17, 15) is 22.8 Å². The highest BCUT2D eigenvalue weighted by atomic mass is 35.5. The van der Waals surface area contributed by atoms with Crippen LogP contribution in [0, 0.1) is 0 Å². The number of piperazine rings is 1. The summed E-state index contributed by atoms with van der Waals surface area (Å²) in [7, 11) is 2.02. The number of hydrogen-bond acceptors (Lipinski definition) is 7. The highest BCUT2D eigenvalue weighted by Crippen LogP contribution is 2.34. The summed E-state index contributed by atoms with van der Waals surface area (Å²) in [6.07, 6.45) is -1.36. The predicted molar refractivity (Wildman–Crippen MR) is 147 cm³/mol. The number of likely N-dealkylation sites (N-methyl/N-ethyl adjacent to an activating group) is 1. The van der Waals surface area contributed by atoms with E-state index in [1.54, 1.807) is 4.57 Å². The molecule has 0 spiro atoms. The van der Waals surface area contributed by atoms with Gasteiger partial charge in [-0.2, -0.15) is 22.7 Å². The Morgan fingerprint density at radius 2 is 1.95 bits per heavy atom. The van der Waals surface area contributed by atoms with Gasteiger partial charge in [-0.3, -0.25) is 9.59 Å². The molecule has 2 aromatic heterocycles. The van der Waals surface area contributed by atoms with Gasteiger partial charge >= 0.3 is 6.18 Å². The van der Waals surface area contributed by atoms with Gasteiger partial charge in [-0.15, -0.1) is 5.10 Å². The standard InChI is InChI=1S/C26H30ClF3N8O2/c1-3-20-22(36-12-8-31-9-13-36)24(40)38-25(33-23(34-38)16-6-10-35(2)11-7-16)37(20)15-21(39)32-19-5-4-17(14-18(19)27)26(28,29)30/h4-6,14,31H,3,7-13,15H2,1-2H3,(H,32,39). The van der Waals surface area contributed by atoms with Gasteiger partial charge in [0.15, 0.2) is 5.82 Å². The van der Waals surface area contributed by atoms with Crippen molar-refractivity contribution in [1.82, 2.24) is 29.4 Å². The van der Waals surface area contributed by atoms with E-state index in [0.717, 1.165) is 43.3 Å². The van der Waals surface area contributed by atoms with E-state index in [2.05, 4.69) is 20.6 Å². The van der Waals surface area contributed by atoms with E-state index in [1.165, 1.54) is 4.52 Å². The lowest BCUT2D eigenvalue weighted by atomic mass is 10.1. The number of halogens is 4. The van der Waals surface area contributed by atoms with E-state index in [-0.39, 0.29) is 28.6 Å². The zero-order chi connectivity index (χ0) is 28.6. The molecule has 1 saturated heterocycles. The Balaban J connectivity index is 1.56. The minimum absolute atomic E-state index is 0.0516. The van der Waals surface area contributed by atoms with Crippen LogP contribution in [0.1, 0.15) is 30.4 Å². The molecule has 4 heterocycles. The number of alkyl halides is 3. The van der Waals surface area contributed by atoms with Crippen LogP contribution in [0.2, 0.25) is 5.02 Å². The molecule has 1 fully saturated rings. The van der Waals surface area contributed by atoms with Gasteiger partial charge in [0.1, 0.15) is 12.2 Å². The van der Waals surface area contributed by atoms with Gasteiger partial charge in [-0.05, 0) is 43.7 Å². The zero-order valence-corrected chi connectivity index (χ0v) is 22.9. The van der Waals surface area contributed by atoms with Crippen LogP contribution < -0.4 is 21.1 Å². The summed E-state index contributed by atoms with van der Waals surface area (Å²) in [5.41, 5.74) is 0.857. The fraction of sp³-hybridized carbons (Fsp3) is 0.462. The van der Waals surface area contributed by atoms with Gasteiger partial charge in [0, 0.05) is 39.3 Å². The van der Waals surface area contributed by atoms with Gasteiger partial charge in [0.05, 0.1) is 22.0 Å². The van der Waals surface area contributed by atoms with Crippen molar-refractivity contribution in [2.45, 2.75) is 32.5 Å². The Bertz CT molecular complexity index is 1520. The second kappa shape index (κ2) is 11.2. The third-order valence-corrected chi connectivity index (χ3v) is 7.48. The number of carbonyl (C=O) groups is 1. The molecule has 0 aliphatic carbocycles. The first kappa shape index (κ1) is 28.1. The Morgan fingerprint density at radius 3 is 2.58 bits per heavy atom. The average molecular weight is 579 g/mol. The summed E-state index contributed by atoms with van der Waals surface area (Å²) >= 11 is 6.07. The summed E-state index contributed by atoms with van der Waals surface area (Å²) in [6.45, 7) is 5.84. The first-order valence-electron chi connectivity index (χ1n) is 13.1. The molecule has 0 bridgehead atoms. The summed E-state index contributed by atoms with van der Waals surface area (Å²) < 4.78 is 42.1. The highest BCUT2D eigenvalue weighted by Gasteiger charge is 2.31. The van der Waals surface area contributed by atoms with Crippen LogP contribution >= 0.6 is 11.6 Å². The molecule has 5 rings (SSSR count). The number of nitrogens with zero attached hydrogens (tertiary/aromatic N) is 6. The molecule has 2 aliphatic heterocycles. The number of hydrogen-bond donors (Lipinski definition) is 2. The quantitative estimate of drug-likeness (QED) is 0.464. The Kier molecular flexibility index (Phi) is 7.89. The van der Waals surface area contributed by atoms with Crippen molar-refractivity contribution in [3.05, 3.63) is 56.7 Å². The first-order valence-corrected chi connectivity index (χ1v) is 13.5. The largest absolute Gasteiger partial charge is 0.416 e. The number of carbonyl (C=O) groups excluding carboxylic acids is 1. The lowest BCUT2D eigenvalue weighted by Gasteiger charge is -2.31. The van der Waals surface area contributed by atoms with E-state index in [1.807, 2.05) is 24.9 Å². The van der Waals surface area contributed by atoms with Gasteiger partial charge in [-0.1, -0.05) is 24.6 Å². The molecule has 0 saturated carbocycles. The molecule has 0 unspecified atom stereocenters. The van der Waals surface area contributed by atoms with Crippen LogP contribution in [0.3, 0.4) is 0 Å². The maximum absolute atomic E-state index is 13.8. The second-order valence-corrected chi connectivity index (χ2v) is 10.3. The van der Waals surface area contributed by atoms with Crippen LogP contribution in [-0.2, 0) is 23.9 Å². The smallest absolute Gasteiger partial charge is 0.363 e. The van der Waals surface area contributed by atoms with Crippen molar-refractivity contribution >= 4 is 40.2 Å². The third-order valence-electron chi connectivity index (χ3n) is 7.17. The molecular formula is C26H30ClF3N8O2. The second-order valence-electron chi connectivity index (χ2n) is 9.91. The fourth-order valence-electron chi connectivity index (χ4n) is 5.05. The Morgan fingerprint density at radius 1 is 1.20 bits per heavy atom.